The summed E-state index contributed by atoms with van der Waals surface area (Å²) in [6.07, 6.45) is 0.169. The van der Waals surface area contributed by atoms with Crippen molar-refractivity contribution in [3.05, 3.63) is 0 Å². The number of carbonyl (C=O) groups excluding carboxylic acids is 1. The molecule has 0 amide bonds. The van der Waals surface area contributed by atoms with Gasteiger partial charge in [-0.1, -0.05) is 6.92 Å². The van der Waals surface area contributed by atoms with Crippen LogP contribution in [0, 0.1) is 0 Å². The van der Waals surface area contributed by atoms with Crippen molar-refractivity contribution in [3.8, 4) is 0 Å². The van der Waals surface area contributed by atoms with Crippen LogP contribution in [-0.4, -0.2) is 61.5 Å². The van der Waals surface area contributed by atoms with Gasteiger partial charge in [-0.2, -0.15) is 0 Å². The number of carbonyl (C=O) groups is 3. The van der Waals surface area contributed by atoms with Crippen molar-refractivity contribution in [2.45, 2.75) is 35.8 Å². The summed E-state index contributed by atoms with van der Waals surface area (Å²) in [5.74, 6) is -2.67. The summed E-state index contributed by atoms with van der Waals surface area (Å²) in [5.41, 5.74) is -1.69. The van der Waals surface area contributed by atoms with Crippen LogP contribution in [0.2, 0.25) is 0 Å². The molecule has 18 heavy (non-hydrogen) atoms. The zero-order chi connectivity index (χ0) is 13.7. The van der Waals surface area contributed by atoms with E-state index in [1.807, 2.05) is 0 Å². The maximum Gasteiger partial charge on any atom is 0.333 e. The van der Waals surface area contributed by atoms with E-state index in [2.05, 4.69) is 0 Å². The van der Waals surface area contributed by atoms with Gasteiger partial charge in [0.2, 0.25) is 0 Å². The van der Waals surface area contributed by atoms with Crippen molar-refractivity contribution in [1.82, 2.24) is 4.90 Å². The van der Waals surface area contributed by atoms with E-state index in [-0.39, 0.29) is 12.2 Å². The van der Waals surface area contributed by atoms with Gasteiger partial charge in [0.15, 0.2) is 11.3 Å². The van der Waals surface area contributed by atoms with E-state index in [0.29, 0.717) is 13.1 Å². The van der Waals surface area contributed by atoms with E-state index < -0.39 is 27.5 Å². The molecule has 0 saturated carbocycles. The van der Waals surface area contributed by atoms with Crippen molar-refractivity contribution >= 4 is 29.5 Å². The summed E-state index contributed by atoms with van der Waals surface area (Å²) in [4.78, 5) is 36.5. The van der Waals surface area contributed by atoms with E-state index in [1.54, 1.807) is 18.7 Å². The van der Waals surface area contributed by atoms with Crippen molar-refractivity contribution in [2.75, 3.05) is 13.1 Å². The highest BCUT2D eigenvalue weighted by Gasteiger charge is 2.77. The average molecular weight is 273 g/mol. The molecule has 6 nitrogen and oxygen atoms in total. The van der Waals surface area contributed by atoms with E-state index in [9.17, 15) is 19.5 Å². The number of likely N-dealkylation sites (tertiary alicyclic amines) is 1. The topological polar surface area (TPSA) is 94.9 Å². The van der Waals surface area contributed by atoms with Gasteiger partial charge in [0, 0.05) is 13.0 Å². The molecule has 2 aliphatic heterocycles. The van der Waals surface area contributed by atoms with Crippen LogP contribution in [0.25, 0.3) is 0 Å². The molecule has 2 heterocycles. The van der Waals surface area contributed by atoms with E-state index in [4.69, 9.17) is 5.11 Å². The lowest BCUT2D eigenvalue weighted by Gasteiger charge is -2.37. The number of Topliss-reactive ketones (excluding diaryl/α,β-unsaturated/α-hetero) is 1. The first-order valence-electron chi connectivity index (χ1n) is 5.74. The monoisotopic (exact) mass is 273 g/mol. The standard InChI is InChI=1S/C11H15NO5S/c1-3-12-5-4-6(13)11(12,9(16)17)10(2)7(18-10)8(14)15/h7H,3-5H2,1-2H3,(H,14,15)(H,16,17). The summed E-state index contributed by atoms with van der Waals surface area (Å²) >= 11 is 1.05. The second kappa shape index (κ2) is 3.96. The second-order valence-corrected chi connectivity index (χ2v) is 6.27. The summed E-state index contributed by atoms with van der Waals surface area (Å²) in [7, 11) is 0. The highest BCUT2D eigenvalue weighted by atomic mass is 32.2. The molecule has 3 unspecified atom stereocenters. The Morgan fingerprint density at radius 3 is 2.50 bits per heavy atom. The molecule has 2 N–H and O–H groups in total. The summed E-state index contributed by atoms with van der Waals surface area (Å²) < 4.78 is -1.08. The van der Waals surface area contributed by atoms with Gasteiger partial charge in [-0.3, -0.25) is 14.5 Å². The van der Waals surface area contributed by atoms with Gasteiger partial charge in [-0.25, -0.2) is 4.79 Å². The van der Waals surface area contributed by atoms with E-state index in [0.717, 1.165) is 11.8 Å². The molecule has 100 valence electrons. The highest BCUT2D eigenvalue weighted by Crippen LogP contribution is 2.63. The number of nitrogens with zero attached hydrogens (tertiary/aromatic N) is 1. The van der Waals surface area contributed by atoms with Crippen molar-refractivity contribution in [1.29, 1.82) is 0 Å². The Morgan fingerprint density at radius 2 is 2.11 bits per heavy atom. The normalized spacial score (nSPS) is 39.9. The van der Waals surface area contributed by atoms with Crippen LogP contribution in [0.4, 0.5) is 0 Å². The van der Waals surface area contributed by atoms with Gasteiger partial charge in [-0.05, 0) is 13.5 Å². The number of hydrogen-bond donors (Lipinski definition) is 2. The summed E-state index contributed by atoms with van der Waals surface area (Å²) in [5, 5.41) is 17.8. The third kappa shape index (κ3) is 1.37. The molecule has 0 aromatic carbocycles. The maximum atomic E-state index is 12.1. The fraction of sp³-hybridized carbons (Fsp3) is 0.727. The summed E-state index contributed by atoms with van der Waals surface area (Å²) in [6.45, 7) is 4.14. The number of rotatable bonds is 4. The van der Waals surface area contributed by atoms with Crippen LogP contribution in [0.15, 0.2) is 0 Å². The van der Waals surface area contributed by atoms with Gasteiger partial charge < -0.3 is 10.2 Å². The zero-order valence-corrected chi connectivity index (χ0v) is 11.0. The predicted molar refractivity (Wildman–Crippen MR) is 64.7 cm³/mol. The number of hydrogen-bond acceptors (Lipinski definition) is 5. The molecule has 0 aliphatic carbocycles. The molecule has 0 radical (unpaired) electrons. The minimum Gasteiger partial charge on any atom is -0.480 e. The first-order valence-corrected chi connectivity index (χ1v) is 6.62. The lowest BCUT2D eigenvalue weighted by atomic mass is 9.79. The van der Waals surface area contributed by atoms with Crippen LogP contribution in [0.3, 0.4) is 0 Å². The molecule has 0 bridgehead atoms. The third-order valence-corrected chi connectivity index (χ3v) is 5.60. The molecule has 0 spiro atoms. The molecular weight excluding hydrogens is 258 g/mol. The Bertz CT molecular complexity index is 439. The van der Waals surface area contributed by atoms with E-state index in [1.165, 1.54) is 0 Å². The quantitative estimate of drug-likeness (QED) is 0.552. The molecule has 0 aromatic rings. The Hall–Kier alpha value is -1.08. The molecule has 2 fully saturated rings. The van der Waals surface area contributed by atoms with Crippen molar-refractivity contribution in [3.63, 3.8) is 0 Å². The number of thioether (sulfide) groups is 1. The Labute approximate surface area is 108 Å². The van der Waals surface area contributed by atoms with Gasteiger partial charge in [-0.15, -0.1) is 11.8 Å². The van der Waals surface area contributed by atoms with Gasteiger partial charge >= 0.3 is 11.9 Å². The maximum absolute atomic E-state index is 12.1. The minimum absolute atomic E-state index is 0.169. The molecule has 0 aromatic heterocycles. The van der Waals surface area contributed by atoms with Crippen LogP contribution < -0.4 is 0 Å². The molecule has 2 rings (SSSR count). The van der Waals surface area contributed by atoms with Gasteiger partial charge in [0.05, 0.1) is 4.75 Å². The fourth-order valence-electron chi connectivity index (χ4n) is 2.99. The Kier molecular flexibility index (Phi) is 2.94. The van der Waals surface area contributed by atoms with E-state index >= 15 is 0 Å². The zero-order valence-electron chi connectivity index (χ0n) is 10.2. The molecule has 3 atom stereocenters. The van der Waals surface area contributed by atoms with Gasteiger partial charge in [0.1, 0.15) is 5.25 Å². The first-order chi connectivity index (χ1) is 8.32. The van der Waals surface area contributed by atoms with Crippen LogP contribution in [-0.2, 0) is 14.4 Å². The SMILES string of the molecule is CCN1CCC(=O)C1(C(=O)O)C1(C)SC1C(=O)O. The smallest absolute Gasteiger partial charge is 0.333 e. The van der Waals surface area contributed by atoms with Crippen LogP contribution in [0.1, 0.15) is 20.3 Å². The van der Waals surface area contributed by atoms with Crippen LogP contribution >= 0.6 is 11.8 Å². The molecule has 2 aliphatic rings. The Morgan fingerprint density at radius 1 is 1.50 bits per heavy atom. The second-order valence-electron chi connectivity index (χ2n) is 4.71. The predicted octanol–water partition coefficient (Wildman–Crippen LogP) is 0.0632. The number of ketones is 1. The molecular formula is C11H15NO5S. The third-order valence-electron chi connectivity index (χ3n) is 3.93. The molecule has 2 saturated heterocycles. The fourth-order valence-corrected chi connectivity index (χ4v) is 4.28. The van der Waals surface area contributed by atoms with Crippen molar-refractivity contribution in [2.24, 2.45) is 0 Å². The number of likely N-dealkylation sites (N-methyl/N-ethyl adjacent to an activating group) is 1. The Balaban J connectivity index is 2.49. The lowest BCUT2D eigenvalue weighted by molar-refractivity contribution is -0.155. The highest BCUT2D eigenvalue weighted by molar-refractivity contribution is 8.09. The minimum atomic E-state index is -1.69. The number of carboxylic acids is 2. The van der Waals surface area contributed by atoms with Crippen LogP contribution in [0.5, 0.6) is 0 Å². The number of aliphatic carboxylic acids is 2. The number of carboxylic acid groups (broad SMARTS) is 2. The van der Waals surface area contributed by atoms with Crippen molar-refractivity contribution < 1.29 is 24.6 Å². The molecule has 7 heteroatoms. The summed E-state index contributed by atoms with van der Waals surface area (Å²) in [6, 6.07) is 0. The van der Waals surface area contributed by atoms with Gasteiger partial charge in [0.25, 0.3) is 0 Å². The first kappa shape index (κ1) is 13.4. The largest absolute Gasteiger partial charge is 0.480 e. The average Bonchev–Trinajstić information content (AvgIpc) is 2.84. The lowest BCUT2D eigenvalue weighted by Crippen LogP contribution is -2.64.